The van der Waals surface area contributed by atoms with Crippen LogP contribution in [0, 0.1) is 6.92 Å². The molecule has 2 heterocycles. The molecule has 2 aromatic rings. The van der Waals surface area contributed by atoms with E-state index in [0.717, 1.165) is 36.3 Å². The maximum atomic E-state index is 11.8. The van der Waals surface area contributed by atoms with Crippen LogP contribution >= 0.6 is 0 Å². The van der Waals surface area contributed by atoms with E-state index in [0.29, 0.717) is 0 Å². The second kappa shape index (κ2) is 5.17. The van der Waals surface area contributed by atoms with Gasteiger partial charge in [-0.1, -0.05) is 24.6 Å². The highest BCUT2D eigenvalue weighted by Crippen LogP contribution is 2.21. The minimum Gasteiger partial charge on any atom is -0.322 e. The number of rotatable bonds is 2. The van der Waals surface area contributed by atoms with Gasteiger partial charge >= 0.3 is 0 Å². The lowest BCUT2D eigenvalue weighted by molar-refractivity contribution is 0.221. The number of aryl methyl sites for hydroxylation is 1. The SMILES string of the molecule is Cc1cccc2c(CN3CCCCC3)cc(=O)[nH]c12. The maximum Gasteiger partial charge on any atom is 0.248 e. The van der Waals surface area contributed by atoms with Crippen LogP contribution in [0.3, 0.4) is 0 Å². The number of aromatic nitrogens is 1. The lowest BCUT2D eigenvalue weighted by atomic mass is 10.0. The Kier molecular flexibility index (Phi) is 3.38. The lowest BCUT2D eigenvalue weighted by Gasteiger charge is -2.26. The fraction of sp³-hybridized carbons (Fsp3) is 0.438. The third-order valence-electron chi connectivity index (χ3n) is 4.01. The van der Waals surface area contributed by atoms with Crippen molar-refractivity contribution in [2.75, 3.05) is 13.1 Å². The Morgan fingerprint density at radius 1 is 1.21 bits per heavy atom. The molecule has 1 saturated heterocycles. The highest BCUT2D eigenvalue weighted by Gasteiger charge is 2.13. The number of pyridine rings is 1. The van der Waals surface area contributed by atoms with E-state index in [9.17, 15) is 4.79 Å². The first-order chi connectivity index (χ1) is 9.24. The molecule has 3 nitrogen and oxygen atoms in total. The van der Waals surface area contributed by atoms with Gasteiger partial charge in [0.2, 0.25) is 5.56 Å². The van der Waals surface area contributed by atoms with Crippen LogP contribution < -0.4 is 5.56 Å². The summed E-state index contributed by atoms with van der Waals surface area (Å²) in [6, 6.07) is 7.98. The fourth-order valence-corrected chi connectivity index (χ4v) is 2.99. The van der Waals surface area contributed by atoms with Gasteiger partial charge in [-0.3, -0.25) is 9.69 Å². The number of H-pyrrole nitrogens is 1. The molecule has 0 unspecified atom stereocenters. The zero-order valence-corrected chi connectivity index (χ0v) is 11.4. The van der Waals surface area contributed by atoms with Crippen LogP contribution in [0.2, 0.25) is 0 Å². The molecule has 100 valence electrons. The highest BCUT2D eigenvalue weighted by atomic mass is 16.1. The normalized spacial score (nSPS) is 16.9. The van der Waals surface area contributed by atoms with Crippen LogP contribution in [0.5, 0.6) is 0 Å². The van der Waals surface area contributed by atoms with Crippen molar-refractivity contribution in [2.45, 2.75) is 32.7 Å². The molecule has 1 aliphatic rings. The Hall–Kier alpha value is -1.61. The first kappa shape index (κ1) is 12.4. The zero-order valence-electron chi connectivity index (χ0n) is 11.4. The summed E-state index contributed by atoms with van der Waals surface area (Å²) in [4.78, 5) is 17.2. The van der Waals surface area contributed by atoms with Crippen molar-refractivity contribution in [3.05, 3.63) is 45.7 Å². The number of hydrogen-bond acceptors (Lipinski definition) is 2. The highest BCUT2D eigenvalue weighted by molar-refractivity contribution is 5.84. The van der Waals surface area contributed by atoms with Gasteiger partial charge < -0.3 is 4.98 Å². The molecular formula is C16H20N2O. The molecule has 1 N–H and O–H groups in total. The van der Waals surface area contributed by atoms with Crippen molar-refractivity contribution >= 4 is 10.9 Å². The Bertz CT molecular complexity index is 639. The quantitative estimate of drug-likeness (QED) is 0.897. The number of nitrogens with zero attached hydrogens (tertiary/aromatic N) is 1. The predicted molar refractivity (Wildman–Crippen MR) is 78.4 cm³/mol. The molecule has 1 aliphatic heterocycles. The number of piperidine rings is 1. The number of hydrogen-bond donors (Lipinski definition) is 1. The molecule has 1 fully saturated rings. The molecule has 3 heteroatoms. The molecule has 3 rings (SSSR count). The average Bonchev–Trinajstić information content (AvgIpc) is 2.41. The summed E-state index contributed by atoms with van der Waals surface area (Å²) < 4.78 is 0. The number of nitrogens with one attached hydrogen (secondary N) is 1. The van der Waals surface area contributed by atoms with Gasteiger partial charge in [0.15, 0.2) is 0 Å². The minimum atomic E-state index is 0.00816. The van der Waals surface area contributed by atoms with E-state index in [1.165, 1.54) is 24.6 Å². The van der Waals surface area contributed by atoms with Gasteiger partial charge in [0.25, 0.3) is 0 Å². The second-order valence-electron chi connectivity index (χ2n) is 5.49. The first-order valence-electron chi connectivity index (χ1n) is 7.08. The van der Waals surface area contributed by atoms with Crippen molar-refractivity contribution in [2.24, 2.45) is 0 Å². The van der Waals surface area contributed by atoms with Crippen LogP contribution in [-0.2, 0) is 6.54 Å². The maximum absolute atomic E-state index is 11.8. The lowest BCUT2D eigenvalue weighted by Crippen LogP contribution is -2.29. The molecule has 0 amide bonds. The molecule has 0 atom stereocenters. The third-order valence-corrected chi connectivity index (χ3v) is 4.01. The van der Waals surface area contributed by atoms with Crippen molar-refractivity contribution in [1.82, 2.24) is 9.88 Å². The van der Waals surface area contributed by atoms with E-state index in [1.54, 1.807) is 6.07 Å². The van der Waals surface area contributed by atoms with E-state index >= 15 is 0 Å². The van der Waals surface area contributed by atoms with Crippen molar-refractivity contribution in [1.29, 1.82) is 0 Å². The molecule has 0 spiro atoms. The van der Waals surface area contributed by atoms with Gasteiger partial charge in [-0.2, -0.15) is 0 Å². The van der Waals surface area contributed by atoms with Gasteiger partial charge in [-0.25, -0.2) is 0 Å². The molecule has 19 heavy (non-hydrogen) atoms. The summed E-state index contributed by atoms with van der Waals surface area (Å²) in [7, 11) is 0. The first-order valence-corrected chi connectivity index (χ1v) is 7.08. The summed E-state index contributed by atoms with van der Waals surface area (Å²) in [6.07, 6.45) is 3.89. The fourth-order valence-electron chi connectivity index (χ4n) is 2.99. The average molecular weight is 256 g/mol. The monoisotopic (exact) mass is 256 g/mol. The Morgan fingerprint density at radius 2 is 2.00 bits per heavy atom. The number of aromatic amines is 1. The van der Waals surface area contributed by atoms with Gasteiger partial charge in [0, 0.05) is 18.0 Å². The molecule has 0 aliphatic carbocycles. The van der Waals surface area contributed by atoms with Crippen LogP contribution in [-0.4, -0.2) is 23.0 Å². The van der Waals surface area contributed by atoms with Gasteiger partial charge in [0.05, 0.1) is 5.52 Å². The molecule has 0 radical (unpaired) electrons. The van der Waals surface area contributed by atoms with Crippen molar-refractivity contribution in [3.63, 3.8) is 0 Å². The van der Waals surface area contributed by atoms with E-state index in [1.807, 2.05) is 13.0 Å². The summed E-state index contributed by atoms with van der Waals surface area (Å²) in [6.45, 7) is 5.24. The standard InChI is InChI=1S/C16H20N2O/c1-12-6-5-7-14-13(10-15(19)17-16(12)14)11-18-8-3-2-4-9-18/h5-7,10H,2-4,8-9,11H2,1H3,(H,17,19). The third kappa shape index (κ3) is 2.56. The Morgan fingerprint density at radius 3 is 2.79 bits per heavy atom. The Labute approximate surface area is 113 Å². The second-order valence-corrected chi connectivity index (χ2v) is 5.49. The van der Waals surface area contributed by atoms with Gasteiger partial charge in [0.1, 0.15) is 0 Å². The van der Waals surface area contributed by atoms with Crippen LogP contribution in [0.15, 0.2) is 29.1 Å². The van der Waals surface area contributed by atoms with Gasteiger partial charge in [-0.15, -0.1) is 0 Å². The zero-order chi connectivity index (χ0) is 13.2. The summed E-state index contributed by atoms with van der Waals surface area (Å²) in [5.74, 6) is 0. The van der Waals surface area contributed by atoms with Gasteiger partial charge in [-0.05, 0) is 44.0 Å². The van der Waals surface area contributed by atoms with E-state index in [2.05, 4.69) is 22.0 Å². The number of fused-ring (bicyclic) bond motifs is 1. The van der Waals surface area contributed by atoms with E-state index < -0.39 is 0 Å². The molecular weight excluding hydrogens is 236 g/mol. The predicted octanol–water partition coefficient (Wildman–Crippen LogP) is 2.82. The number of para-hydroxylation sites is 1. The summed E-state index contributed by atoms with van der Waals surface area (Å²) in [5.41, 5.74) is 3.29. The summed E-state index contributed by atoms with van der Waals surface area (Å²) >= 11 is 0. The molecule has 0 bridgehead atoms. The number of likely N-dealkylation sites (tertiary alicyclic amines) is 1. The van der Waals surface area contributed by atoms with E-state index in [-0.39, 0.29) is 5.56 Å². The van der Waals surface area contributed by atoms with Crippen LogP contribution in [0.1, 0.15) is 30.4 Å². The smallest absolute Gasteiger partial charge is 0.248 e. The molecule has 1 aromatic carbocycles. The van der Waals surface area contributed by atoms with E-state index in [4.69, 9.17) is 0 Å². The van der Waals surface area contributed by atoms with Crippen LogP contribution in [0.4, 0.5) is 0 Å². The van der Waals surface area contributed by atoms with Crippen LogP contribution in [0.25, 0.3) is 10.9 Å². The largest absolute Gasteiger partial charge is 0.322 e. The minimum absolute atomic E-state index is 0.00816. The Balaban J connectivity index is 2.02. The summed E-state index contributed by atoms with van der Waals surface area (Å²) in [5, 5.41) is 1.19. The number of benzene rings is 1. The van der Waals surface area contributed by atoms with Crippen molar-refractivity contribution in [3.8, 4) is 0 Å². The molecule has 1 aromatic heterocycles. The topological polar surface area (TPSA) is 36.1 Å². The van der Waals surface area contributed by atoms with Crippen molar-refractivity contribution < 1.29 is 0 Å². The molecule has 0 saturated carbocycles.